The number of carbonyl (C=O) groups excluding carboxylic acids is 1. The molecule has 0 aliphatic heterocycles. The molecular formula is C23H25N7O4. The van der Waals surface area contributed by atoms with Crippen molar-refractivity contribution in [2.24, 2.45) is 0 Å². The number of anilines is 1. The van der Waals surface area contributed by atoms with Crippen molar-refractivity contribution >= 4 is 11.9 Å². The van der Waals surface area contributed by atoms with E-state index in [4.69, 9.17) is 14.2 Å². The third kappa shape index (κ3) is 4.82. The number of amides is 1. The smallest absolute Gasteiger partial charge is 0.415 e. The molecule has 2 aromatic heterocycles. The zero-order chi connectivity index (χ0) is 23.9. The van der Waals surface area contributed by atoms with Crippen molar-refractivity contribution in [3.05, 3.63) is 76.7 Å². The minimum Gasteiger partial charge on any atom is -0.496 e. The van der Waals surface area contributed by atoms with E-state index in [-0.39, 0.29) is 6.54 Å². The maximum absolute atomic E-state index is 12.8. The highest BCUT2D eigenvalue weighted by atomic mass is 16.5. The van der Waals surface area contributed by atoms with E-state index in [9.17, 15) is 4.79 Å². The maximum atomic E-state index is 12.8. The molecule has 0 spiro atoms. The molecule has 0 aliphatic carbocycles. The summed E-state index contributed by atoms with van der Waals surface area (Å²) in [6.45, 7) is 0.0825. The molecule has 34 heavy (non-hydrogen) atoms. The van der Waals surface area contributed by atoms with Crippen LogP contribution in [0.2, 0.25) is 0 Å². The van der Waals surface area contributed by atoms with Gasteiger partial charge in [0.1, 0.15) is 17.2 Å². The van der Waals surface area contributed by atoms with E-state index in [0.717, 1.165) is 28.3 Å². The zero-order valence-corrected chi connectivity index (χ0v) is 19.1. The zero-order valence-electron chi connectivity index (χ0n) is 19.1. The molecule has 0 unspecified atom stereocenters. The number of aromatic nitrogens is 6. The summed E-state index contributed by atoms with van der Waals surface area (Å²) in [4.78, 5) is 14.1. The third-order valence-corrected chi connectivity index (χ3v) is 5.38. The van der Waals surface area contributed by atoms with Crippen LogP contribution in [0.3, 0.4) is 0 Å². The summed E-state index contributed by atoms with van der Waals surface area (Å²) in [7, 11) is 4.55. The monoisotopic (exact) mass is 463 g/mol. The molecule has 0 bridgehead atoms. The highest BCUT2D eigenvalue weighted by Gasteiger charge is 2.26. The SMILES string of the molecule is COC(=O)N(Cc1nn[nH]c1Cc1ccccc1OC)c1nn[nH]c1Cc1ccccc1OC. The molecule has 2 aromatic carbocycles. The van der Waals surface area contributed by atoms with Crippen LogP contribution in [-0.2, 0) is 24.1 Å². The van der Waals surface area contributed by atoms with Crippen molar-refractivity contribution in [3.63, 3.8) is 0 Å². The van der Waals surface area contributed by atoms with Crippen molar-refractivity contribution in [1.82, 2.24) is 30.8 Å². The van der Waals surface area contributed by atoms with Gasteiger partial charge in [0.2, 0.25) is 0 Å². The van der Waals surface area contributed by atoms with Gasteiger partial charge in [0, 0.05) is 24.0 Å². The molecule has 0 radical (unpaired) electrons. The molecule has 0 aliphatic rings. The minimum absolute atomic E-state index is 0.0825. The van der Waals surface area contributed by atoms with Gasteiger partial charge in [-0.15, -0.1) is 10.2 Å². The van der Waals surface area contributed by atoms with Crippen molar-refractivity contribution in [1.29, 1.82) is 0 Å². The van der Waals surface area contributed by atoms with E-state index >= 15 is 0 Å². The number of nitrogens with zero attached hydrogens (tertiary/aromatic N) is 5. The van der Waals surface area contributed by atoms with Gasteiger partial charge in [-0.25, -0.2) is 4.79 Å². The number of ether oxygens (including phenoxy) is 3. The van der Waals surface area contributed by atoms with E-state index in [1.807, 2.05) is 48.5 Å². The Morgan fingerprint density at radius 2 is 1.38 bits per heavy atom. The Labute approximate surface area is 196 Å². The Hall–Kier alpha value is -4.41. The van der Waals surface area contributed by atoms with Crippen LogP contribution in [0, 0.1) is 0 Å². The largest absolute Gasteiger partial charge is 0.496 e. The second-order valence-electron chi connectivity index (χ2n) is 7.38. The first-order chi connectivity index (χ1) is 16.6. The molecular weight excluding hydrogens is 438 g/mol. The minimum atomic E-state index is -0.596. The Morgan fingerprint density at radius 3 is 2.00 bits per heavy atom. The Kier molecular flexibility index (Phi) is 7.01. The number of nitrogens with one attached hydrogen (secondary N) is 2. The van der Waals surface area contributed by atoms with Crippen LogP contribution in [0.25, 0.3) is 0 Å². The number of carbonyl (C=O) groups is 1. The summed E-state index contributed by atoms with van der Waals surface area (Å²) < 4.78 is 15.9. The van der Waals surface area contributed by atoms with Crippen LogP contribution >= 0.6 is 0 Å². The lowest BCUT2D eigenvalue weighted by molar-refractivity contribution is 0.178. The maximum Gasteiger partial charge on any atom is 0.415 e. The van der Waals surface area contributed by atoms with Gasteiger partial charge in [0.15, 0.2) is 5.82 Å². The van der Waals surface area contributed by atoms with Crippen LogP contribution in [0.15, 0.2) is 48.5 Å². The number of hydrogen-bond acceptors (Lipinski definition) is 8. The normalized spacial score (nSPS) is 10.7. The van der Waals surface area contributed by atoms with E-state index in [2.05, 4.69) is 30.8 Å². The summed E-state index contributed by atoms with van der Waals surface area (Å²) in [6.07, 6.45) is 0.322. The molecule has 0 saturated heterocycles. The summed E-state index contributed by atoms with van der Waals surface area (Å²) >= 11 is 0. The summed E-state index contributed by atoms with van der Waals surface area (Å²) in [5.74, 6) is 1.82. The molecule has 0 atom stereocenters. The van der Waals surface area contributed by atoms with Gasteiger partial charge in [-0.05, 0) is 12.1 Å². The number of rotatable bonds is 9. The molecule has 11 heteroatoms. The van der Waals surface area contributed by atoms with Crippen LogP contribution in [0.1, 0.15) is 28.2 Å². The van der Waals surface area contributed by atoms with Gasteiger partial charge in [-0.2, -0.15) is 0 Å². The Balaban J connectivity index is 1.62. The quantitative estimate of drug-likeness (QED) is 0.387. The molecule has 176 valence electrons. The van der Waals surface area contributed by atoms with Gasteiger partial charge in [0.25, 0.3) is 0 Å². The van der Waals surface area contributed by atoms with E-state index < -0.39 is 6.09 Å². The lowest BCUT2D eigenvalue weighted by Crippen LogP contribution is -2.32. The van der Waals surface area contributed by atoms with Crippen molar-refractivity contribution in [3.8, 4) is 11.5 Å². The average Bonchev–Trinajstić information content (AvgIpc) is 3.52. The lowest BCUT2D eigenvalue weighted by atomic mass is 10.1. The van der Waals surface area contributed by atoms with E-state index in [1.54, 1.807) is 14.2 Å². The van der Waals surface area contributed by atoms with Gasteiger partial charge < -0.3 is 14.2 Å². The van der Waals surface area contributed by atoms with E-state index in [1.165, 1.54) is 12.0 Å². The van der Waals surface area contributed by atoms with Crippen LogP contribution in [-0.4, -0.2) is 58.2 Å². The molecule has 1 amide bonds. The van der Waals surface area contributed by atoms with Crippen LogP contribution in [0.5, 0.6) is 11.5 Å². The topological polar surface area (TPSA) is 131 Å². The molecule has 2 heterocycles. The van der Waals surface area contributed by atoms with Gasteiger partial charge in [-0.1, -0.05) is 46.8 Å². The number of aromatic amines is 2. The fourth-order valence-electron chi connectivity index (χ4n) is 3.68. The third-order valence-electron chi connectivity index (χ3n) is 5.38. The summed E-state index contributed by atoms with van der Waals surface area (Å²) in [5, 5.41) is 22.1. The first kappa shape index (κ1) is 22.8. The molecule has 2 N–H and O–H groups in total. The highest BCUT2D eigenvalue weighted by Crippen LogP contribution is 2.27. The van der Waals surface area contributed by atoms with Crippen molar-refractivity contribution < 1.29 is 19.0 Å². The number of benzene rings is 2. The average molecular weight is 463 g/mol. The fourth-order valence-corrected chi connectivity index (χ4v) is 3.68. The number of hydrogen-bond donors (Lipinski definition) is 2. The molecule has 4 aromatic rings. The predicted octanol–water partition coefficient (Wildman–Crippen LogP) is 2.89. The van der Waals surface area contributed by atoms with Gasteiger partial charge in [0.05, 0.1) is 39.3 Å². The second-order valence-corrected chi connectivity index (χ2v) is 7.38. The fraction of sp³-hybridized carbons (Fsp3) is 0.261. The molecule has 0 saturated carbocycles. The standard InChI is InChI=1S/C23H25N7O4/c1-32-20-10-6-4-8-15(20)12-17-19(26-28-24-17)14-30(23(31)34-3)22-18(25-29-27-22)13-16-9-5-7-11-21(16)33-2/h4-11H,12-14H2,1-3H3,(H,24,26,28)(H,25,27,29). The van der Waals surface area contributed by atoms with Gasteiger partial charge >= 0.3 is 6.09 Å². The van der Waals surface area contributed by atoms with Crippen molar-refractivity contribution in [2.45, 2.75) is 19.4 Å². The Morgan fingerprint density at radius 1 is 0.824 bits per heavy atom. The molecule has 0 fully saturated rings. The number of H-pyrrole nitrogens is 2. The Bertz CT molecular complexity index is 1250. The second kappa shape index (κ2) is 10.5. The number of para-hydroxylation sites is 2. The highest BCUT2D eigenvalue weighted by molar-refractivity contribution is 5.86. The number of methoxy groups -OCH3 is 3. The summed E-state index contributed by atoms with van der Waals surface area (Å²) in [6, 6.07) is 15.3. The van der Waals surface area contributed by atoms with Crippen molar-refractivity contribution in [2.75, 3.05) is 26.2 Å². The summed E-state index contributed by atoms with van der Waals surface area (Å²) in [5.41, 5.74) is 3.82. The predicted molar refractivity (Wildman–Crippen MR) is 123 cm³/mol. The van der Waals surface area contributed by atoms with Crippen LogP contribution < -0.4 is 14.4 Å². The van der Waals surface area contributed by atoms with Crippen LogP contribution in [0.4, 0.5) is 10.6 Å². The molecule has 11 nitrogen and oxygen atoms in total. The van der Waals surface area contributed by atoms with E-state index in [0.29, 0.717) is 30.0 Å². The first-order valence-electron chi connectivity index (χ1n) is 10.5. The first-order valence-corrected chi connectivity index (χ1v) is 10.5. The lowest BCUT2D eigenvalue weighted by Gasteiger charge is -2.19. The van der Waals surface area contributed by atoms with Gasteiger partial charge in [-0.3, -0.25) is 15.1 Å². The molecule has 4 rings (SSSR count).